The molecule has 1 N–H and O–H groups in total. The number of nitrogens with one attached hydrogen (secondary N) is 1. The summed E-state index contributed by atoms with van der Waals surface area (Å²) in [5.74, 6) is 0.754. The van der Waals surface area contributed by atoms with Crippen LogP contribution in [0.5, 0.6) is 0 Å². The summed E-state index contributed by atoms with van der Waals surface area (Å²) in [4.78, 5) is 0. The van der Waals surface area contributed by atoms with Crippen LogP contribution in [-0.2, 0) is 6.42 Å². The van der Waals surface area contributed by atoms with Gasteiger partial charge in [-0.05, 0) is 44.3 Å². The predicted octanol–water partition coefficient (Wildman–Crippen LogP) is 3.17. The summed E-state index contributed by atoms with van der Waals surface area (Å²) in [5.41, 5.74) is 2.80. The van der Waals surface area contributed by atoms with Crippen LogP contribution in [0.2, 0.25) is 0 Å². The average molecular weight is 205 g/mol. The summed E-state index contributed by atoms with van der Waals surface area (Å²) in [5, 5.41) is 3.47. The van der Waals surface area contributed by atoms with Gasteiger partial charge < -0.3 is 5.32 Å². The third-order valence-electron chi connectivity index (χ3n) is 2.49. The smallest absolute Gasteiger partial charge is 0.00258 e. The van der Waals surface area contributed by atoms with E-state index in [9.17, 15) is 0 Å². The van der Waals surface area contributed by atoms with Crippen LogP contribution in [0.15, 0.2) is 24.3 Å². The molecule has 0 saturated heterocycles. The summed E-state index contributed by atoms with van der Waals surface area (Å²) in [6.45, 7) is 8.88. The summed E-state index contributed by atoms with van der Waals surface area (Å²) >= 11 is 0. The van der Waals surface area contributed by atoms with Crippen molar-refractivity contribution in [1.82, 2.24) is 5.32 Å². The Kier molecular flexibility index (Phi) is 5.41. The molecule has 0 spiro atoms. The largest absolute Gasteiger partial charge is 0.316 e. The molecule has 0 aromatic heterocycles. The minimum atomic E-state index is 0.754. The summed E-state index contributed by atoms with van der Waals surface area (Å²) in [6.07, 6.45) is 2.42. The van der Waals surface area contributed by atoms with E-state index in [-0.39, 0.29) is 0 Å². The SMILES string of the molecule is Cc1ccc(CCCNCC(C)C)cc1. The molecule has 15 heavy (non-hydrogen) atoms. The average Bonchev–Trinajstić information content (AvgIpc) is 2.20. The van der Waals surface area contributed by atoms with Gasteiger partial charge in [0, 0.05) is 0 Å². The van der Waals surface area contributed by atoms with Crippen LogP contribution in [0.25, 0.3) is 0 Å². The van der Waals surface area contributed by atoms with E-state index in [0.717, 1.165) is 19.0 Å². The number of benzene rings is 1. The highest BCUT2D eigenvalue weighted by molar-refractivity contribution is 5.21. The van der Waals surface area contributed by atoms with Gasteiger partial charge in [0.2, 0.25) is 0 Å². The van der Waals surface area contributed by atoms with E-state index in [0.29, 0.717) is 0 Å². The van der Waals surface area contributed by atoms with Crippen molar-refractivity contribution in [3.05, 3.63) is 35.4 Å². The molecule has 0 heterocycles. The third-order valence-corrected chi connectivity index (χ3v) is 2.49. The molecule has 0 fully saturated rings. The van der Waals surface area contributed by atoms with Crippen LogP contribution in [0.4, 0.5) is 0 Å². The monoisotopic (exact) mass is 205 g/mol. The number of aryl methyl sites for hydroxylation is 2. The first kappa shape index (κ1) is 12.3. The maximum absolute atomic E-state index is 3.47. The zero-order chi connectivity index (χ0) is 11.1. The van der Waals surface area contributed by atoms with Crippen molar-refractivity contribution in [2.45, 2.75) is 33.6 Å². The normalized spacial score (nSPS) is 10.9. The Hall–Kier alpha value is -0.820. The molecule has 1 nitrogen and oxygen atoms in total. The summed E-state index contributed by atoms with van der Waals surface area (Å²) < 4.78 is 0. The van der Waals surface area contributed by atoms with Crippen molar-refractivity contribution in [2.75, 3.05) is 13.1 Å². The van der Waals surface area contributed by atoms with E-state index in [1.165, 1.54) is 24.0 Å². The molecular weight excluding hydrogens is 182 g/mol. The molecular formula is C14H23N. The number of rotatable bonds is 6. The van der Waals surface area contributed by atoms with Crippen molar-refractivity contribution in [2.24, 2.45) is 5.92 Å². The molecule has 0 aliphatic carbocycles. The van der Waals surface area contributed by atoms with Gasteiger partial charge in [0.1, 0.15) is 0 Å². The molecule has 1 heteroatoms. The molecule has 0 aliphatic heterocycles. The molecule has 0 bridgehead atoms. The topological polar surface area (TPSA) is 12.0 Å². The standard InChI is InChI=1S/C14H23N/c1-12(2)11-15-10-4-5-14-8-6-13(3)7-9-14/h6-9,12,15H,4-5,10-11H2,1-3H3. The highest BCUT2D eigenvalue weighted by Gasteiger charge is 1.94. The van der Waals surface area contributed by atoms with Gasteiger partial charge in [0.05, 0.1) is 0 Å². The minimum Gasteiger partial charge on any atom is -0.316 e. The molecule has 1 rings (SSSR count). The Morgan fingerprint density at radius 3 is 2.40 bits per heavy atom. The molecule has 0 aliphatic rings. The molecule has 0 atom stereocenters. The van der Waals surface area contributed by atoms with Crippen LogP contribution < -0.4 is 5.32 Å². The van der Waals surface area contributed by atoms with Crippen molar-refractivity contribution < 1.29 is 0 Å². The second kappa shape index (κ2) is 6.62. The van der Waals surface area contributed by atoms with Gasteiger partial charge >= 0.3 is 0 Å². The fourth-order valence-corrected chi connectivity index (χ4v) is 1.56. The lowest BCUT2D eigenvalue weighted by Crippen LogP contribution is -2.21. The Labute approximate surface area is 93.9 Å². The number of hydrogen-bond acceptors (Lipinski definition) is 1. The quantitative estimate of drug-likeness (QED) is 0.703. The van der Waals surface area contributed by atoms with Crippen LogP contribution >= 0.6 is 0 Å². The van der Waals surface area contributed by atoms with Gasteiger partial charge in [-0.1, -0.05) is 43.7 Å². The molecule has 1 aromatic carbocycles. The van der Waals surface area contributed by atoms with E-state index >= 15 is 0 Å². The Bertz CT molecular complexity index is 261. The predicted molar refractivity (Wildman–Crippen MR) is 67.2 cm³/mol. The summed E-state index contributed by atoms with van der Waals surface area (Å²) in [6, 6.07) is 8.85. The lowest BCUT2D eigenvalue weighted by molar-refractivity contribution is 0.543. The maximum atomic E-state index is 3.47. The second-order valence-corrected chi connectivity index (χ2v) is 4.69. The molecule has 0 radical (unpaired) electrons. The maximum Gasteiger partial charge on any atom is -0.00258 e. The minimum absolute atomic E-state index is 0.754. The Morgan fingerprint density at radius 2 is 1.80 bits per heavy atom. The van der Waals surface area contributed by atoms with Gasteiger partial charge in [0.15, 0.2) is 0 Å². The lowest BCUT2D eigenvalue weighted by atomic mass is 10.1. The van der Waals surface area contributed by atoms with Crippen LogP contribution in [-0.4, -0.2) is 13.1 Å². The van der Waals surface area contributed by atoms with Crippen LogP contribution in [0, 0.1) is 12.8 Å². The Morgan fingerprint density at radius 1 is 1.13 bits per heavy atom. The zero-order valence-electron chi connectivity index (χ0n) is 10.2. The van der Waals surface area contributed by atoms with Crippen molar-refractivity contribution in [3.63, 3.8) is 0 Å². The van der Waals surface area contributed by atoms with Gasteiger partial charge in [0.25, 0.3) is 0 Å². The lowest BCUT2D eigenvalue weighted by Gasteiger charge is -2.07. The van der Waals surface area contributed by atoms with E-state index in [2.05, 4.69) is 50.4 Å². The Balaban J connectivity index is 2.12. The van der Waals surface area contributed by atoms with Gasteiger partial charge in [-0.3, -0.25) is 0 Å². The second-order valence-electron chi connectivity index (χ2n) is 4.69. The van der Waals surface area contributed by atoms with Gasteiger partial charge in [-0.15, -0.1) is 0 Å². The highest BCUT2D eigenvalue weighted by atomic mass is 14.8. The fourth-order valence-electron chi connectivity index (χ4n) is 1.56. The molecule has 84 valence electrons. The van der Waals surface area contributed by atoms with E-state index in [4.69, 9.17) is 0 Å². The third kappa shape index (κ3) is 5.58. The van der Waals surface area contributed by atoms with Gasteiger partial charge in [-0.25, -0.2) is 0 Å². The first-order valence-electron chi connectivity index (χ1n) is 5.94. The van der Waals surface area contributed by atoms with Crippen LogP contribution in [0.1, 0.15) is 31.4 Å². The van der Waals surface area contributed by atoms with E-state index in [1.807, 2.05) is 0 Å². The zero-order valence-corrected chi connectivity index (χ0v) is 10.2. The van der Waals surface area contributed by atoms with Crippen LogP contribution in [0.3, 0.4) is 0 Å². The van der Waals surface area contributed by atoms with Gasteiger partial charge in [-0.2, -0.15) is 0 Å². The number of hydrogen-bond donors (Lipinski definition) is 1. The first-order chi connectivity index (χ1) is 7.18. The van der Waals surface area contributed by atoms with Crippen molar-refractivity contribution in [1.29, 1.82) is 0 Å². The summed E-state index contributed by atoms with van der Waals surface area (Å²) in [7, 11) is 0. The molecule has 0 amide bonds. The van der Waals surface area contributed by atoms with Crippen molar-refractivity contribution in [3.8, 4) is 0 Å². The van der Waals surface area contributed by atoms with E-state index < -0.39 is 0 Å². The molecule has 1 aromatic rings. The fraction of sp³-hybridized carbons (Fsp3) is 0.571. The first-order valence-corrected chi connectivity index (χ1v) is 5.94. The molecule has 0 unspecified atom stereocenters. The van der Waals surface area contributed by atoms with E-state index in [1.54, 1.807) is 0 Å². The highest BCUT2D eigenvalue weighted by Crippen LogP contribution is 2.05. The van der Waals surface area contributed by atoms with Crippen molar-refractivity contribution >= 4 is 0 Å². The molecule has 0 saturated carbocycles.